The maximum atomic E-state index is 9.58. The largest absolute Gasteiger partial charge is 0.508 e. The first-order valence-electron chi connectivity index (χ1n) is 6.76. The van der Waals surface area contributed by atoms with Gasteiger partial charge < -0.3 is 10.2 Å². The molecule has 1 heterocycles. The Bertz CT molecular complexity index is 399. The molecule has 0 aromatic heterocycles. The minimum Gasteiger partial charge on any atom is -0.508 e. The van der Waals surface area contributed by atoms with Crippen LogP contribution in [0.1, 0.15) is 45.2 Å². The first-order valence-corrected chi connectivity index (χ1v) is 6.76. The molecule has 2 rings (SSSR count). The number of piperidine rings is 1. The fraction of sp³-hybridized carbons (Fsp3) is 0.600. The van der Waals surface area contributed by atoms with Crippen LogP contribution in [-0.2, 0) is 0 Å². The van der Waals surface area contributed by atoms with Crippen LogP contribution in [0.4, 0.5) is 0 Å². The number of hydrogen-bond acceptors (Lipinski definition) is 3. The topological polar surface area (TPSA) is 43.7 Å². The zero-order valence-corrected chi connectivity index (χ0v) is 11.4. The van der Waals surface area contributed by atoms with Gasteiger partial charge in [0.05, 0.1) is 0 Å². The third-order valence-electron chi connectivity index (χ3n) is 4.07. The van der Waals surface area contributed by atoms with Crippen LogP contribution in [-0.4, -0.2) is 27.7 Å². The van der Waals surface area contributed by atoms with E-state index < -0.39 is 0 Å². The molecule has 3 nitrogen and oxygen atoms in total. The summed E-state index contributed by atoms with van der Waals surface area (Å²) >= 11 is 0. The lowest BCUT2D eigenvalue weighted by Crippen LogP contribution is -2.42. The average Bonchev–Trinajstić information content (AvgIpc) is 2.30. The molecule has 1 aliphatic heterocycles. The maximum absolute atomic E-state index is 9.58. The highest BCUT2D eigenvalue weighted by atomic mass is 16.3. The van der Waals surface area contributed by atoms with E-state index in [2.05, 4.69) is 25.7 Å². The molecular weight excluding hydrogens is 226 g/mol. The van der Waals surface area contributed by atoms with Gasteiger partial charge in [0.15, 0.2) is 0 Å². The van der Waals surface area contributed by atoms with E-state index in [0.29, 0.717) is 6.04 Å². The predicted molar refractivity (Wildman–Crippen MR) is 72.8 cm³/mol. The van der Waals surface area contributed by atoms with Crippen molar-refractivity contribution in [2.45, 2.75) is 45.7 Å². The molecule has 0 aliphatic carbocycles. The van der Waals surface area contributed by atoms with E-state index in [9.17, 15) is 10.2 Å². The van der Waals surface area contributed by atoms with Gasteiger partial charge in [0.25, 0.3) is 0 Å². The number of likely N-dealkylation sites (tertiary alicyclic amines) is 1. The number of benzene rings is 1. The molecule has 0 bridgehead atoms. The van der Waals surface area contributed by atoms with Crippen molar-refractivity contribution in [3.8, 4) is 11.5 Å². The zero-order valence-electron chi connectivity index (χ0n) is 11.4. The molecule has 1 aromatic rings. The number of phenolic OH excluding ortho intramolecular Hbond substituents is 2. The Kier molecular flexibility index (Phi) is 3.81. The number of aromatic hydroxyl groups is 2. The van der Waals surface area contributed by atoms with Crippen molar-refractivity contribution in [2.24, 2.45) is 5.92 Å². The molecule has 0 saturated carbocycles. The second kappa shape index (κ2) is 5.19. The van der Waals surface area contributed by atoms with Crippen LogP contribution in [0.3, 0.4) is 0 Å². The van der Waals surface area contributed by atoms with Gasteiger partial charge in [-0.15, -0.1) is 0 Å². The van der Waals surface area contributed by atoms with Gasteiger partial charge in [-0.2, -0.15) is 0 Å². The van der Waals surface area contributed by atoms with Crippen molar-refractivity contribution in [2.75, 3.05) is 6.54 Å². The molecule has 0 radical (unpaired) electrons. The molecule has 1 fully saturated rings. The second-order valence-electron chi connectivity index (χ2n) is 5.69. The molecule has 100 valence electrons. The number of nitrogens with zero attached hydrogens (tertiary/aromatic N) is 1. The highest BCUT2D eigenvalue weighted by Crippen LogP contribution is 2.33. The lowest BCUT2D eigenvalue weighted by molar-refractivity contribution is 0.0843. The van der Waals surface area contributed by atoms with Gasteiger partial charge >= 0.3 is 0 Å². The van der Waals surface area contributed by atoms with Gasteiger partial charge in [-0.3, -0.25) is 4.90 Å². The summed E-state index contributed by atoms with van der Waals surface area (Å²) in [6.45, 7) is 7.76. The molecule has 3 heteroatoms. The van der Waals surface area contributed by atoms with E-state index in [1.807, 2.05) is 0 Å². The second-order valence-corrected chi connectivity index (χ2v) is 5.69. The minimum absolute atomic E-state index is 0.134. The molecule has 18 heavy (non-hydrogen) atoms. The Balaban J connectivity index is 2.21. The van der Waals surface area contributed by atoms with Crippen LogP contribution in [0.25, 0.3) is 0 Å². The van der Waals surface area contributed by atoms with Crippen molar-refractivity contribution in [3.05, 3.63) is 23.8 Å². The quantitative estimate of drug-likeness (QED) is 0.845. The van der Waals surface area contributed by atoms with Gasteiger partial charge in [-0.25, -0.2) is 0 Å². The van der Waals surface area contributed by atoms with E-state index in [1.165, 1.54) is 18.9 Å². The van der Waals surface area contributed by atoms with Crippen LogP contribution in [0.2, 0.25) is 0 Å². The Morgan fingerprint density at radius 2 is 1.72 bits per heavy atom. The number of phenols is 2. The third kappa shape index (κ3) is 2.78. The van der Waals surface area contributed by atoms with Crippen LogP contribution >= 0.6 is 0 Å². The maximum Gasteiger partial charge on any atom is 0.119 e. The summed E-state index contributed by atoms with van der Waals surface area (Å²) in [5, 5.41) is 19.2. The monoisotopic (exact) mass is 249 g/mol. The fourth-order valence-corrected chi connectivity index (χ4v) is 2.91. The van der Waals surface area contributed by atoms with Gasteiger partial charge in [-0.1, -0.05) is 6.92 Å². The number of hydrogen-bond donors (Lipinski definition) is 2. The van der Waals surface area contributed by atoms with Crippen molar-refractivity contribution < 1.29 is 10.2 Å². The molecule has 1 aromatic carbocycles. The number of rotatable bonds is 2. The smallest absolute Gasteiger partial charge is 0.119 e. The summed E-state index contributed by atoms with van der Waals surface area (Å²) < 4.78 is 0. The summed E-state index contributed by atoms with van der Waals surface area (Å²) in [5.41, 5.74) is 0.980. The normalized spacial score (nSPS) is 27.1. The summed E-state index contributed by atoms with van der Waals surface area (Å²) in [5.74, 6) is 0.985. The van der Waals surface area contributed by atoms with Gasteiger partial charge in [0.2, 0.25) is 0 Å². The summed E-state index contributed by atoms with van der Waals surface area (Å²) in [6.07, 6.45) is 2.51. The summed E-state index contributed by atoms with van der Waals surface area (Å²) in [6, 6.07) is 5.65. The molecule has 0 spiro atoms. The summed E-state index contributed by atoms with van der Waals surface area (Å²) in [7, 11) is 0. The molecular formula is C15H23NO2. The first kappa shape index (κ1) is 13.2. The van der Waals surface area contributed by atoms with Gasteiger partial charge in [0.1, 0.15) is 11.5 Å². The molecule has 1 aliphatic rings. The third-order valence-corrected chi connectivity index (χ3v) is 4.07. The SMILES string of the molecule is CC1CCC(C)N(C(C)c2cc(O)cc(O)c2)C1. The van der Waals surface area contributed by atoms with E-state index in [1.54, 1.807) is 12.1 Å². The molecule has 0 amide bonds. The van der Waals surface area contributed by atoms with Crippen molar-refractivity contribution in [3.63, 3.8) is 0 Å². The van der Waals surface area contributed by atoms with Crippen LogP contribution in [0.5, 0.6) is 11.5 Å². The average molecular weight is 249 g/mol. The Morgan fingerprint density at radius 3 is 2.33 bits per heavy atom. The fourth-order valence-electron chi connectivity index (χ4n) is 2.91. The van der Waals surface area contributed by atoms with Crippen molar-refractivity contribution >= 4 is 0 Å². The van der Waals surface area contributed by atoms with E-state index in [-0.39, 0.29) is 17.5 Å². The van der Waals surface area contributed by atoms with E-state index in [0.717, 1.165) is 18.0 Å². The Labute approximate surface area is 109 Å². The van der Waals surface area contributed by atoms with Gasteiger partial charge in [-0.05, 0) is 50.3 Å². The molecule has 1 saturated heterocycles. The highest BCUT2D eigenvalue weighted by Gasteiger charge is 2.27. The van der Waals surface area contributed by atoms with E-state index >= 15 is 0 Å². The van der Waals surface area contributed by atoms with Crippen LogP contribution in [0, 0.1) is 5.92 Å². The first-order chi connectivity index (χ1) is 8.47. The molecule has 3 atom stereocenters. The van der Waals surface area contributed by atoms with Gasteiger partial charge in [0, 0.05) is 24.7 Å². The van der Waals surface area contributed by atoms with E-state index in [4.69, 9.17) is 0 Å². The van der Waals surface area contributed by atoms with Crippen molar-refractivity contribution in [1.82, 2.24) is 4.90 Å². The Hall–Kier alpha value is -1.22. The highest BCUT2D eigenvalue weighted by molar-refractivity contribution is 5.38. The lowest BCUT2D eigenvalue weighted by atomic mass is 9.92. The van der Waals surface area contributed by atoms with Crippen molar-refractivity contribution in [1.29, 1.82) is 0 Å². The standard InChI is InChI=1S/C15H23NO2/c1-10-4-5-11(2)16(9-10)12(3)13-6-14(17)8-15(18)7-13/h6-8,10-12,17-18H,4-5,9H2,1-3H3. The van der Waals surface area contributed by atoms with Crippen LogP contribution in [0.15, 0.2) is 18.2 Å². The predicted octanol–water partition coefficient (Wildman–Crippen LogP) is 3.28. The zero-order chi connectivity index (χ0) is 13.3. The molecule has 3 unspecified atom stereocenters. The minimum atomic E-state index is 0.134. The lowest BCUT2D eigenvalue weighted by Gasteiger charge is -2.41. The Morgan fingerprint density at radius 1 is 1.11 bits per heavy atom. The summed E-state index contributed by atoms with van der Waals surface area (Å²) in [4.78, 5) is 2.46. The molecule has 2 N–H and O–H groups in total. The van der Waals surface area contributed by atoms with Crippen LogP contribution < -0.4 is 0 Å².